The average Bonchev–Trinajstić information content (AvgIpc) is 3.37. The third-order valence-corrected chi connectivity index (χ3v) is 8.30. The number of benzene rings is 2. The molecule has 2 aromatic carbocycles. The summed E-state index contributed by atoms with van der Waals surface area (Å²) >= 11 is 0. The standard InChI is InChI=1S/C28H31F4N3O/c1-18-12-23-22-4-2-3-5-25(22)33-26(23)27(35(18)17-28(30,31)32)9-8-20-13-21(6-7-24(20)27)36-11-10-34-15-19(14-29)16-34/h2-7,13,18-19,33H,8-12,14-17H2,1H3/t18-,27-/m1/s1. The predicted octanol–water partition coefficient (Wildman–Crippen LogP) is 5.45. The van der Waals surface area contributed by atoms with Gasteiger partial charge in [0.1, 0.15) is 12.4 Å². The number of aryl methyl sites for hydroxylation is 1. The Bertz CT molecular complexity index is 1270. The highest BCUT2D eigenvalue weighted by molar-refractivity contribution is 5.86. The van der Waals surface area contributed by atoms with E-state index in [1.165, 1.54) is 0 Å². The zero-order valence-corrected chi connectivity index (χ0v) is 20.4. The lowest BCUT2D eigenvalue weighted by Crippen LogP contribution is -2.57. The van der Waals surface area contributed by atoms with E-state index < -0.39 is 18.3 Å². The zero-order chi connectivity index (χ0) is 25.1. The number of nitrogens with one attached hydrogen (secondary N) is 1. The molecular weight excluding hydrogens is 470 g/mol. The molecule has 36 heavy (non-hydrogen) atoms. The molecule has 1 fully saturated rings. The Morgan fingerprint density at radius 1 is 1.14 bits per heavy atom. The van der Waals surface area contributed by atoms with E-state index in [0.717, 1.165) is 58.7 Å². The molecule has 1 spiro atoms. The van der Waals surface area contributed by atoms with Gasteiger partial charge in [0, 0.05) is 48.2 Å². The maximum Gasteiger partial charge on any atom is 0.401 e. The first kappa shape index (κ1) is 23.8. The summed E-state index contributed by atoms with van der Waals surface area (Å²) < 4.78 is 60.2. The number of alkyl halides is 4. The summed E-state index contributed by atoms with van der Waals surface area (Å²) in [7, 11) is 0. The fraction of sp³-hybridized carbons (Fsp3) is 0.500. The number of likely N-dealkylation sites (tertiary alicyclic amines) is 1. The van der Waals surface area contributed by atoms with E-state index in [2.05, 4.69) is 16.0 Å². The monoisotopic (exact) mass is 501 g/mol. The van der Waals surface area contributed by atoms with Gasteiger partial charge in [-0.3, -0.25) is 14.2 Å². The SMILES string of the molecule is C[C@@H]1Cc2c([nH]c3ccccc23)[C@]2(CCc3cc(OCCN4CC(CF)C4)ccc32)N1CC(F)(F)F. The van der Waals surface area contributed by atoms with Gasteiger partial charge in [0.05, 0.1) is 18.8 Å². The molecule has 0 bridgehead atoms. The number of rotatable bonds is 6. The van der Waals surface area contributed by atoms with Crippen molar-refractivity contribution in [3.63, 3.8) is 0 Å². The Kier molecular flexibility index (Phi) is 5.80. The number of aromatic amines is 1. The van der Waals surface area contributed by atoms with Crippen molar-refractivity contribution in [3.05, 3.63) is 64.8 Å². The highest BCUT2D eigenvalue weighted by Gasteiger charge is 2.54. The molecule has 4 nitrogen and oxygen atoms in total. The van der Waals surface area contributed by atoms with Crippen LogP contribution in [0.5, 0.6) is 5.75 Å². The molecule has 0 saturated carbocycles. The number of para-hydroxylation sites is 1. The van der Waals surface area contributed by atoms with Crippen LogP contribution in [0.2, 0.25) is 0 Å². The van der Waals surface area contributed by atoms with E-state index in [9.17, 15) is 17.6 Å². The van der Waals surface area contributed by atoms with Crippen molar-refractivity contribution in [3.8, 4) is 5.75 Å². The first-order valence-corrected chi connectivity index (χ1v) is 12.8. The van der Waals surface area contributed by atoms with Crippen LogP contribution < -0.4 is 4.74 Å². The van der Waals surface area contributed by atoms with Gasteiger partial charge < -0.3 is 9.72 Å². The molecule has 1 aliphatic carbocycles. The maximum absolute atomic E-state index is 13.9. The number of aromatic nitrogens is 1. The second-order valence-corrected chi connectivity index (χ2v) is 10.6. The molecule has 2 aliphatic heterocycles. The van der Waals surface area contributed by atoms with Crippen LogP contribution in [0.4, 0.5) is 17.6 Å². The second-order valence-electron chi connectivity index (χ2n) is 10.6. The average molecular weight is 502 g/mol. The van der Waals surface area contributed by atoms with E-state index in [0.29, 0.717) is 25.9 Å². The molecule has 3 aromatic rings. The summed E-state index contributed by atoms with van der Waals surface area (Å²) in [6.45, 7) is 3.48. The largest absolute Gasteiger partial charge is 0.492 e. The van der Waals surface area contributed by atoms with Gasteiger partial charge in [-0.15, -0.1) is 0 Å². The summed E-state index contributed by atoms with van der Waals surface area (Å²) in [5.41, 5.74) is 4.13. The lowest BCUT2D eigenvalue weighted by atomic mass is 9.77. The summed E-state index contributed by atoms with van der Waals surface area (Å²) in [4.78, 5) is 7.37. The van der Waals surface area contributed by atoms with Crippen LogP contribution in [0.1, 0.15) is 35.7 Å². The van der Waals surface area contributed by atoms with Crippen LogP contribution in [-0.2, 0) is 18.4 Å². The van der Waals surface area contributed by atoms with Crippen molar-refractivity contribution >= 4 is 10.9 Å². The van der Waals surface area contributed by atoms with Gasteiger partial charge in [-0.1, -0.05) is 24.3 Å². The Balaban J connectivity index is 1.34. The van der Waals surface area contributed by atoms with Crippen LogP contribution in [0, 0.1) is 5.92 Å². The molecule has 8 heteroatoms. The number of nitrogens with zero attached hydrogens (tertiary/aromatic N) is 2. The fourth-order valence-corrected chi connectivity index (χ4v) is 6.70. The zero-order valence-electron chi connectivity index (χ0n) is 20.4. The molecule has 0 amide bonds. The molecule has 6 rings (SSSR count). The van der Waals surface area contributed by atoms with Gasteiger partial charge in [0.15, 0.2) is 0 Å². The molecule has 2 atom stereocenters. The molecule has 1 N–H and O–H groups in total. The Morgan fingerprint density at radius 3 is 2.72 bits per heavy atom. The van der Waals surface area contributed by atoms with Crippen LogP contribution >= 0.6 is 0 Å². The minimum atomic E-state index is -4.30. The Labute approximate surface area is 208 Å². The van der Waals surface area contributed by atoms with Gasteiger partial charge in [-0.2, -0.15) is 13.2 Å². The highest BCUT2D eigenvalue weighted by atomic mass is 19.4. The van der Waals surface area contributed by atoms with Crippen LogP contribution in [0.3, 0.4) is 0 Å². The number of ether oxygens (including phenoxy) is 1. The van der Waals surface area contributed by atoms with Crippen molar-refractivity contribution in [1.82, 2.24) is 14.8 Å². The molecule has 3 heterocycles. The molecule has 1 saturated heterocycles. The van der Waals surface area contributed by atoms with E-state index in [1.54, 1.807) is 4.90 Å². The first-order chi connectivity index (χ1) is 17.3. The Morgan fingerprint density at radius 2 is 1.94 bits per heavy atom. The van der Waals surface area contributed by atoms with Crippen molar-refractivity contribution in [1.29, 1.82) is 0 Å². The first-order valence-electron chi connectivity index (χ1n) is 12.8. The normalized spacial score (nSPS) is 24.8. The van der Waals surface area contributed by atoms with Gasteiger partial charge in [-0.25, -0.2) is 0 Å². The van der Waals surface area contributed by atoms with Crippen molar-refractivity contribution in [2.75, 3.05) is 39.5 Å². The summed E-state index contributed by atoms with van der Waals surface area (Å²) in [6, 6.07) is 13.6. The summed E-state index contributed by atoms with van der Waals surface area (Å²) in [5, 5.41) is 1.10. The number of H-pyrrole nitrogens is 1. The van der Waals surface area contributed by atoms with E-state index >= 15 is 0 Å². The summed E-state index contributed by atoms with van der Waals surface area (Å²) in [6.07, 6.45) is -2.45. The lowest BCUT2D eigenvalue weighted by molar-refractivity contribution is -0.165. The number of hydrogen-bond acceptors (Lipinski definition) is 3. The predicted molar refractivity (Wildman–Crippen MR) is 131 cm³/mol. The molecular formula is C28H31F4N3O. The quantitative estimate of drug-likeness (QED) is 0.456. The molecule has 1 aromatic heterocycles. The molecule has 3 aliphatic rings. The van der Waals surface area contributed by atoms with Gasteiger partial charge in [0.25, 0.3) is 0 Å². The second kappa shape index (κ2) is 8.77. The van der Waals surface area contributed by atoms with Gasteiger partial charge >= 0.3 is 6.18 Å². The smallest absolute Gasteiger partial charge is 0.401 e. The fourth-order valence-electron chi connectivity index (χ4n) is 6.70. The summed E-state index contributed by atoms with van der Waals surface area (Å²) in [5.74, 6) is 0.879. The van der Waals surface area contributed by atoms with Gasteiger partial charge in [-0.05, 0) is 61.1 Å². The van der Waals surface area contributed by atoms with Crippen molar-refractivity contribution < 1.29 is 22.3 Å². The lowest BCUT2D eigenvalue weighted by Gasteiger charge is -2.49. The third kappa shape index (κ3) is 3.89. The maximum atomic E-state index is 13.9. The van der Waals surface area contributed by atoms with E-state index in [4.69, 9.17) is 4.74 Å². The highest BCUT2D eigenvalue weighted by Crippen LogP contribution is 2.53. The molecule has 0 unspecified atom stereocenters. The van der Waals surface area contributed by atoms with Crippen molar-refractivity contribution in [2.24, 2.45) is 5.92 Å². The molecule has 192 valence electrons. The number of hydrogen-bond donors (Lipinski definition) is 1. The van der Waals surface area contributed by atoms with E-state index in [-0.39, 0.29) is 18.6 Å². The van der Waals surface area contributed by atoms with Crippen LogP contribution in [0.25, 0.3) is 10.9 Å². The van der Waals surface area contributed by atoms with Gasteiger partial charge in [0.2, 0.25) is 0 Å². The van der Waals surface area contributed by atoms with Crippen LogP contribution in [0.15, 0.2) is 42.5 Å². The van der Waals surface area contributed by atoms with Crippen LogP contribution in [-0.4, -0.2) is 66.5 Å². The molecule has 0 radical (unpaired) electrons. The third-order valence-electron chi connectivity index (χ3n) is 8.30. The van der Waals surface area contributed by atoms with Crippen molar-refractivity contribution in [2.45, 2.75) is 43.9 Å². The van der Waals surface area contributed by atoms with E-state index in [1.807, 2.05) is 43.3 Å². The number of halogens is 4. The minimum Gasteiger partial charge on any atom is -0.492 e. The number of fused-ring (bicyclic) bond motifs is 6. The minimum absolute atomic E-state index is 0.147. The topological polar surface area (TPSA) is 31.5 Å². The Hall–Kier alpha value is -2.58.